The summed E-state index contributed by atoms with van der Waals surface area (Å²) in [4.78, 5) is 19.9. The third kappa shape index (κ3) is 4.75. The van der Waals surface area contributed by atoms with Gasteiger partial charge in [-0.15, -0.1) is 11.3 Å². The molecule has 5 aromatic rings. The summed E-state index contributed by atoms with van der Waals surface area (Å²) >= 11 is 7.71. The van der Waals surface area contributed by atoms with Crippen LogP contribution in [-0.2, 0) is 0 Å². The van der Waals surface area contributed by atoms with Crippen LogP contribution in [0.2, 0.25) is 5.02 Å². The van der Waals surface area contributed by atoms with Gasteiger partial charge in [0.1, 0.15) is 4.83 Å². The molecule has 0 aliphatic carbocycles. The van der Waals surface area contributed by atoms with Gasteiger partial charge >= 0.3 is 0 Å². The summed E-state index contributed by atoms with van der Waals surface area (Å²) in [7, 11) is 0. The minimum Gasteiger partial charge on any atom is -0.335 e. The van der Waals surface area contributed by atoms with Crippen LogP contribution in [0, 0.1) is 13.8 Å². The third-order valence-corrected chi connectivity index (χ3v) is 8.62. The van der Waals surface area contributed by atoms with Gasteiger partial charge in [0.15, 0.2) is 0 Å². The van der Waals surface area contributed by atoms with Gasteiger partial charge < -0.3 is 4.90 Å². The molecule has 3 aromatic carbocycles. The molecule has 1 amide bonds. The van der Waals surface area contributed by atoms with Crippen LogP contribution < -0.4 is 0 Å². The van der Waals surface area contributed by atoms with Crippen LogP contribution in [-0.4, -0.2) is 51.7 Å². The Balaban J connectivity index is 1.22. The summed E-state index contributed by atoms with van der Waals surface area (Å²) < 4.78 is 1.97. The number of amides is 1. The summed E-state index contributed by atoms with van der Waals surface area (Å²) in [5.41, 5.74) is 5.60. The van der Waals surface area contributed by atoms with E-state index in [0.717, 1.165) is 44.6 Å². The van der Waals surface area contributed by atoms with Crippen molar-refractivity contribution in [1.29, 1.82) is 0 Å². The zero-order valence-electron chi connectivity index (χ0n) is 21.5. The van der Waals surface area contributed by atoms with Crippen molar-refractivity contribution in [2.45, 2.75) is 19.9 Å². The molecule has 192 valence electrons. The fourth-order valence-electron chi connectivity index (χ4n) is 5.32. The molecule has 1 fully saturated rings. The Hall–Kier alpha value is -3.45. The maximum absolute atomic E-state index is 13.6. The maximum atomic E-state index is 13.6. The number of piperazine rings is 1. The van der Waals surface area contributed by atoms with Gasteiger partial charge in [0.05, 0.1) is 22.3 Å². The number of fused-ring (bicyclic) bond motifs is 1. The zero-order chi connectivity index (χ0) is 26.2. The number of hydrogen-bond donors (Lipinski definition) is 0. The van der Waals surface area contributed by atoms with E-state index in [1.165, 1.54) is 28.0 Å². The maximum Gasteiger partial charge on any atom is 0.264 e. The molecule has 1 aliphatic heterocycles. The van der Waals surface area contributed by atoms with Gasteiger partial charge in [-0.1, -0.05) is 66.2 Å². The van der Waals surface area contributed by atoms with Gasteiger partial charge in [0.25, 0.3) is 5.91 Å². The standard InChI is InChI=1S/C31H29ClN4OS/c1-21-7-6-10-26(19-21)36-31-27(22(2)33-36)20-28(38-31)30(37)35-17-15-34(16-18-35)29(23-8-4-3-5-9-23)24-11-13-25(32)14-12-24/h3-14,19-20,29H,15-18H2,1-2H3. The normalized spacial score (nSPS) is 15.2. The molecule has 1 aliphatic rings. The van der Waals surface area contributed by atoms with E-state index in [4.69, 9.17) is 16.7 Å². The van der Waals surface area contributed by atoms with E-state index in [0.29, 0.717) is 13.1 Å². The number of aryl methyl sites for hydroxylation is 2. The molecule has 6 rings (SSSR count). The molecular weight excluding hydrogens is 512 g/mol. The molecule has 1 saturated heterocycles. The highest BCUT2D eigenvalue weighted by Crippen LogP contribution is 2.33. The molecule has 0 N–H and O–H groups in total. The Labute approximate surface area is 231 Å². The average molecular weight is 541 g/mol. The van der Waals surface area contributed by atoms with Crippen LogP contribution in [0.5, 0.6) is 0 Å². The lowest BCUT2D eigenvalue weighted by Crippen LogP contribution is -2.49. The SMILES string of the molecule is Cc1cccc(-n2nc(C)c3cc(C(=O)N4CCN(C(c5ccccc5)c5ccc(Cl)cc5)CC4)sc32)c1. The van der Waals surface area contributed by atoms with Crippen molar-refractivity contribution < 1.29 is 4.79 Å². The van der Waals surface area contributed by atoms with Crippen molar-refractivity contribution >= 4 is 39.1 Å². The first-order valence-corrected chi connectivity index (χ1v) is 14.1. The summed E-state index contributed by atoms with van der Waals surface area (Å²) in [6.07, 6.45) is 0. The van der Waals surface area contributed by atoms with Gasteiger partial charge in [0, 0.05) is 36.6 Å². The number of nitrogens with zero attached hydrogens (tertiary/aromatic N) is 4. The first kappa shape index (κ1) is 24.9. The van der Waals surface area contributed by atoms with E-state index in [2.05, 4.69) is 66.4 Å². The molecule has 38 heavy (non-hydrogen) atoms. The number of aromatic nitrogens is 2. The van der Waals surface area contributed by atoms with E-state index in [-0.39, 0.29) is 11.9 Å². The fourth-order valence-corrected chi connectivity index (χ4v) is 6.60. The van der Waals surface area contributed by atoms with Crippen molar-refractivity contribution in [1.82, 2.24) is 19.6 Å². The van der Waals surface area contributed by atoms with Crippen LogP contribution in [0.25, 0.3) is 15.9 Å². The summed E-state index contributed by atoms with van der Waals surface area (Å²) in [5.74, 6) is 0.101. The monoisotopic (exact) mass is 540 g/mol. The number of hydrogen-bond acceptors (Lipinski definition) is 4. The fraction of sp³-hybridized carbons (Fsp3) is 0.226. The summed E-state index contributed by atoms with van der Waals surface area (Å²) in [6, 6.07) is 29.1. The van der Waals surface area contributed by atoms with E-state index in [1.54, 1.807) is 0 Å². The molecule has 1 unspecified atom stereocenters. The predicted molar refractivity (Wildman–Crippen MR) is 156 cm³/mol. The largest absolute Gasteiger partial charge is 0.335 e. The number of carbonyl (C=O) groups is 1. The van der Waals surface area contributed by atoms with E-state index in [1.807, 2.05) is 46.8 Å². The van der Waals surface area contributed by atoms with Gasteiger partial charge in [-0.3, -0.25) is 9.69 Å². The number of carbonyl (C=O) groups excluding carboxylic acids is 1. The third-order valence-electron chi connectivity index (χ3n) is 7.27. The molecule has 2 aromatic heterocycles. The Morgan fingerprint density at radius 2 is 1.58 bits per heavy atom. The first-order chi connectivity index (χ1) is 18.5. The number of benzene rings is 3. The first-order valence-electron chi connectivity index (χ1n) is 12.9. The quantitative estimate of drug-likeness (QED) is 0.243. The molecule has 0 bridgehead atoms. The lowest BCUT2D eigenvalue weighted by atomic mass is 9.96. The molecule has 0 radical (unpaired) electrons. The van der Waals surface area contributed by atoms with Gasteiger partial charge in [-0.25, -0.2) is 4.68 Å². The second-order valence-electron chi connectivity index (χ2n) is 9.86. The van der Waals surface area contributed by atoms with E-state index < -0.39 is 0 Å². The average Bonchev–Trinajstić information content (AvgIpc) is 3.51. The molecular formula is C31H29ClN4OS. The summed E-state index contributed by atoms with van der Waals surface area (Å²) in [6.45, 7) is 7.06. The Bertz CT molecular complexity index is 1580. The van der Waals surface area contributed by atoms with Crippen LogP contribution in [0.15, 0.2) is 84.9 Å². The minimum absolute atomic E-state index is 0.101. The Morgan fingerprint density at radius 3 is 2.29 bits per heavy atom. The number of rotatable bonds is 5. The predicted octanol–water partition coefficient (Wildman–Crippen LogP) is 6.90. The number of thiophene rings is 1. The van der Waals surface area contributed by atoms with E-state index >= 15 is 0 Å². The molecule has 3 heterocycles. The minimum atomic E-state index is 0.101. The lowest BCUT2D eigenvalue weighted by Gasteiger charge is -2.39. The molecule has 5 nitrogen and oxygen atoms in total. The van der Waals surface area contributed by atoms with Crippen molar-refractivity contribution in [3.8, 4) is 5.69 Å². The van der Waals surface area contributed by atoms with Gasteiger partial charge in [-0.2, -0.15) is 5.10 Å². The topological polar surface area (TPSA) is 41.4 Å². The highest BCUT2D eigenvalue weighted by molar-refractivity contribution is 7.20. The smallest absolute Gasteiger partial charge is 0.264 e. The van der Waals surface area contributed by atoms with Crippen molar-refractivity contribution in [3.63, 3.8) is 0 Å². The highest BCUT2D eigenvalue weighted by Gasteiger charge is 2.29. The summed E-state index contributed by atoms with van der Waals surface area (Å²) in [5, 5.41) is 6.54. The second kappa shape index (κ2) is 10.4. The van der Waals surface area contributed by atoms with Crippen molar-refractivity contribution in [2.75, 3.05) is 26.2 Å². The van der Waals surface area contributed by atoms with Crippen LogP contribution in [0.3, 0.4) is 0 Å². The van der Waals surface area contributed by atoms with Crippen LogP contribution >= 0.6 is 22.9 Å². The molecule has 0 spiro atoms. The zero-order valence-corrected chi connectivity index (χ0v) is 23.0. The Morgan fingerprint density at radius 1 is 0.868 bits per heavy atom. The van der Waals surface area contributed by atoms with Crippen molar-refractivity contribution in [2.24, 2.45) is 0 Å². The molecule has 1 atom stereocenters. The van der Waals surface area contributed by atoms with Crippen molar-refractivity contribution in [3.05, 3.63) is 117 Å². The van der Waals surface area contributed by atoms with Crippen LogP contribution in [0.4, 0.5) is 0 Å². The highest BCUT2D eigenvalue weighted by atomic mass is 35.5. The van der Waals surface area contributed by atoms with Gasteiger partial charge in [-0.05, 0) is 60.9 Å². The molecule has 7 heteroatoms. The second-order valence-corrected chi connectivity index (χ2v) is 11.3. The van der Waals surface area contributed by atoms with E-state index in [9.17, 15) is 4.79 Å². The Kier molecular flexibility index (Phi) is 6.78. The molecule has 0 saturated carbocycles. The lowest BCUT2D eigenvalue weighted by molar-refractivity contribution is 0.0602. The van der Waals surface area contributed by atoms with Crippen LogP contribution in [0.1, 0.15) is 38.1 Å². The number of halogens is 1. The van der Waals surface area contributed by atoms with Gasteiger partial charge in [0.2, 0.25) is 0 Å².